The molecular formula is C17H24N2O2. The maximum Gasteiger partial charge on any atom is 0.223 e. The Balaban J connectivity index is 0.000000194. The van der Waals surface area contributed by atoms with Gasteiger partial charge in [0.15, 0.2) is 0 Å². The van der Waals surface area contributed by atoms with E-state index in [9.17, 15) is 9.59 Å². The van der Waals surface area contributed by atoms with Crippen molar-refractivity contribution in [2.75, 3.05) is 13.1 Å². The Morgan fingerprint density at radius 3 is 2.24 bits per heavy atom. The van der Waals surface area contributed by atoms with E-state index in [1.165, 1.54) is 5.56 Å². The van der Waals surface area contributed by atoms with Gasteiger partial charge in [0.1, 0.15) is 0 Å². The van der Waals surface area contributed by atoms with Crippen LogP contribution in [0.1, 0.15) is 32.3 Å². The van der Waals surface area contributed by atoms with Crippen molar-refractivity contribution in [3.05, 3.63) is 35.9 Å². The summed E-state index contributed by atoms with van der Waals surface area (Å²) >= 11 is 0. The molecule has 0 aliphatic carbocycles. The molecule has 1 N–H and O–H groups in total. The topological polar surface area (TPSA) is 49.4 Å². The second kappa shape index (κ2) is 7.25. The number of hydrogen-bond donors (Lipinski definition) is 1. The fourth-order valence-electron chi connectivity index (χ4n) is 2.68. The molecule has 0 aromatic heterocycles. The van der Waals surface area contributed by atoms with E-state index in [0.29, 0.717) is 24.2 Å². The zero-order chi connectivity index (χ0) is 15.2. The average molecular weight is 288 g/mol. The van der Waals surface area contributed by atoms with E-state index in [0.717, 1.165) is 26.1 Å². The maximum absolute atomic E-state index is 11.5. The van der Waals surface area contributed by atoms with Crippen molar-refractivity contribution in [3.8, 4) is 0 Å². The van der Waals surface area contributed by atoms with E-state index in [2.05, 4.69) is 31.3 Å². The molecule has 114 valence electrons. The molecule has 0 bridgehead atoms. The van der Waals surface area contributed by atoms with Crippen LogP contribution in [0.4, 0.5) is 0 Å². The molecule has 0 spiro atoms. The first-order valence-electron chi connectivity index (χ1n) is 7.63. The van der Waals surface area contributed by atoms with Gasteiger partial charge in [0.25, 0.3) is 0 Å². The molecule has 1 aromatic rings. The van der Waals surface area contributed by atoms with Crippen LogP contribution in [0.5, 0.6) is 0 Å². The summed E-state index contributed by atoms with van der Waals surface area (Å²) in [6.45, 7) is 6.75. The second-order valence-electron chi connectivity index (χ2n) is 6.18. The fraction of sp³-hybridized carbons (Fsp3) is 0.529. The molecular weight excluding hydrogens is 264 g/mol. The summed E-state index contributed by atoms with van der Waals surface area (Å²) in [5.74, 6) is 1.58. The van der Waals surface area contributed by atoms with Crippen LogP contribution in [0.2, 0.25) is 0 Å². The molecule has 2 amide bonds. The Morgan fingerprint density at radius 1 is 1.10 bits per heavy atom. The number of benzene rings is 1. The van der Waals surface area contributed by atoms with E-state index in [4.69, 9.17) is 0 Å². The lowest BCUT2D eigenvalue weighted by molar-refractivity contribution is -0.128. The third kappa shape index (κ3) is 4.88. The molecule has 4 heteroatoms. The van der Waals surface area contributed by atoms with E-state index < -0.39 is 0 Å². The minimum atomic E-state index is 0.201. The lowest BCUT2D eigenvalue weighted by Crippen LogP contribution is -2.24. The number of amides is 2. The van der Waals surface area contributed by atoms with Gasteiger partial charge in [-0.3, -0.25) is 9.59 Å². The summed E-state index contributed by atoms with van der Waals surface area (Å²) in [5, 5.41) is 2.73. The Labute approximate surface area is 126 Å². The molecule has 0 radical (unpaired) electrons. The monoisotopic (exact) mass is 288 g/mol. The smallest absolute Gasteiger partial charge is 0.223 e. The molecule has 4 nitrogen and oxygen atoms in total. The third-order valence-electron chi connectivity index (χ3n) is 3.81. The predicted octanol–water partition coefficient (Wildman–Crippen LogP) is 2.20. The molecule has 21 heavy (non-hydrogen) atoms. The number of hydrogen-bond acceptors (Lipinski definition) is 2. The molecule has 2 saturated heterocycles. The summed E-state index contributed by atoms with van der Waals surface area (Å²) in [6, 6.07) is 10.2. The van der Waals surface area contributed by atoms with E-state index in [1.54, 1.807) is 0 Å². The normalized spacial score (nSPS) is 24.6. The van der Waals surface area contributed by atoms with Gasteiger partial charge in [-0.25, -0.2) is 0 Å². The summed E-state index contributed by atoms with van der Waals surface area (Å²) in [6.07, 6.45) is 1.44. The zero-order valence-corrected chi connectivity index (χ0v) is 12.8. The SMILES string of the molecule is CC1CC(=O)N(Cc2ccccc2)C1.CC1CNC(=O)C1. The minimum Gasteiger partial charge on any atom is -0.356 e. The largest absolute Gasteiger partial charge is 0.356 e. The highest BCUT2D eigenvalue weighted by Crippen LogP contribution is 2.18. The highest BCUT2D eigenvalue weighted by molar-refractivity contribution is 5.78. The lowest BCUT2D eigenvalue weighted by Gasteiger charge is -2.15. The number of likely N-dealkylation sites (tertiary alicyclic amines) is 1. The molecule has 0 saturated carbocycles. The number of rotatable bonds is 2. The van der Waals surface area contributed by atoms with E-state index in [-0.39, 0.29) is 5.91 Å². The standard InChI is InChI=1S/C12H15NO.C5H9NO/c1-10-7-12(14)13(8-10)9-11-5-3-2-4-6-11;1-4-2-5(7)6-3-4/h2-6,10H,7-9H2,1H3;4H,2-3H2,1H3,(H,6,7). The molecule has 3 rings (SSSR count). The Kier molecular flexibility index (Phi) is 5.37. The molecule has 2 fully saturated rings. The van der Waals surface area contributed by atoms with E-state index >= 15 is 0 Å². The number of carbonyl (C=O) groups excluding carboxylic acids is 2. The minimum absolute atomic E-state index is 0.201. The van der Waals surface area contributed by atoms with Crippen LogP contribution in [0.25, 0.3) is 0 Å². The number of carbonyl (C=O) groups is 2. The van der Waals surface area contributed by atoms with Crippen molar-refractivity contribution < 1.29 is 9.59 Å². The summed E-state index contributed by atoms with van der Waals surface area (Å²) in [4.78, 5) is 23.8. The van der Waals surface area contributed by atoms with Gasteiger partial charge >= 0.3 is 0 Å². The van der Waals surface area contributed by atoms with Gasteiger partial charge in [0.2, 0.25) is 11.8 Å². The van der Waals surface area contributed by atoms with Gasteiger partial charge in [0, 0.05) is 32.5 Å². The first-order valence-corrected chi connectivity index (χ1v) is 7.63. The van der Waals surface area contributed by atoms with Crippen molar-refractivity contribution in [1.82, 2.24) is 10.2 Å². The zero-order valence-electron chi connectivity index (χ0n) is 12.8. The van der Waals surface area contributed by atoms with Gasteiger partial charge in [-0.2, -0.15) is 0 Å². The molecule has 2 aliphatic heterocycles. The van der Waals surface area contributed by atoms with Crippen LogP contribution in [0.15, 0.2) is 30.3 Å². The van der Waals surface area contributed by atoms with Crippen LogP contribution < -0.4 is 5.32 Å². The molecule has 2 atom stereocenters. The molecule has 2 heterocycles. The first kappa shape index (κ1) is 15.5. The first-order chi connectivity index (χ1) is 10.0. The van der Waals surface area contributed by atoms with Crippen molar-refractivity contribution >= 4 is 11.8 Å². The van der Waals surface area contributed by atoms with Crippen LogP contribution in [0, 0.1) is 11.8 Å². The van der Waals surface area contributed by atoms with Gasteiger partial charge < -0.3 is 10.2 Å². The fourth-order valence-corrected chi connectivity index (χ4v) is 2.68. The molecule has 2 aliphatic rings. The Morgan fingerprint density at radius 2 is 1.81 bits per heavy atom. The maximum atomic E-state index is 11.5. The quantitative estimate of drug-likeness (QED) is 0.907. The van der Waals surface area contributed by atoms with Gasteiger partial charge in [0.05, 0.1) is 0 Å². The predicted molar refractivity (Wildman–Crippen MR) is 82.4 cm³/mol. The summed E-state index contributed by atoms with van der Waals surface area (Å²) in [7, 11) is 0. The summed E-state index contributed by atoms with van der Waals surface area (Å²) in [5.41, 5.74) is 1.22. The van der Waals surface area contributed by atoms with Crippen molar-refractivity contribution in [2.24, 2.45) is 11.8 Å². The van der Waals surface area contributed by atoms with Gasteiger partial charge in [-0.1, -0.05) is 44.2 Å². The van der Waals surface area contributed by atoms with Crippen molar-refractivity contribution in [1.29, 1.82) is 0 Å². The van der Waals surface area contributed by atoms with Gasteiger partial charge in [-0.05, 0) is 17.4 Å². The second-order valence-corrected chi connectivity index (χ2v) is 6.18. The summed E-state index contributed by atoms with van der Waals surface area (Å²) < 4.78 is 0. The van der Waals surface area contributed by atoms with Crippen molar-refractivity contribution in [2.45, 2.75) is 33.2 Å². The molecule has 2 unspecified atom stereocenters. The van der Waals surface area contributed by atoms with Crippen LogP contribution in [-0.4, -0.2) is 29.8 Å². The Hall–Kier alpha value is -1.84. The number of nitrogens with zero attached hydrogens (tertiary/aromatic N) is 1. The Bertz CT molecular complexity index is 487. The average Bonchev–Trinajstić information content (AvgIpc) is 2.97. The highest BCUT2D eigenvalue weighted by Gasteiger charge is 2.25. The highest BCUT2D eigenvalue weighted by atomic mass is 16.2. The lowest BCUT2D eigenvalue weighted by atomic mass is 10.2. The van der Waals surface area contributed by atoms with Crippen LogP contribution >= 0.6 is 0 Å². The molecule has 1 aromatic carbocycles. The van der Waals surface area contributed by atoms with E-state index in [1.807, 2.05) is 23.1 Å². The van der Waals surface area contributed by atoms with Gasteiger partial charge in [-0.15, -0.1) is 0 Å². The number of nitrogens with one attached hydrogen (secondary N) is 1. The third-order valence-corrected chi connectivity index (χ3v) is 3.81. The van der Waals surface area contributed by atoms with Crippen molar-refractivity contribution in [3.63, 3.8) is 0 Å². The van der Waals surface area contributed by atoms with Crippen LogP contribution in [-0.2, 0) is 16.1 Å². The van der Waals surface area contributed by atoms with Crippen LogP contribution in [0.3, 0.4) is 0 Å².